The molecule has 16 heavy (non-hydrogen) atoms. The second-order valence-electron chi connectivity index (χ2n) is 4.83. The lowest BCUT2D eigenvalue weighted by Crippen LogP contribution is -2.30. The van der Waals surface area contributed by atoms with Crippen LogP contribution in [0.1, 0.15) is 33.1 Å². The largest absolute Gasteiger partial charge is 0.366 e. The Hall–Kier alpha value is -0.830. The highest BCUT2D eigenvalue weighted by molar-refractivity contribution is 6.32. The molecular formula is C12H18ClN3. The van der Waals surface area contributed by atoms with Gasteiger partial charge in [-0.25, -0.2) is 9.97 Å². The lowest BCUT2D eigenvalue weighted by Gasteiger charge is -2.32. The molecule has 1 aliphatic carbocycles. The number of nitrogens with one attached hydrogen (secondary N) is 1. The molecule has 0 aromatic carbocycles. The minimum atomic E-state index is 0.499. The van der Waals surface area contributed by atoms with E-state index in [4.69, 9.17) is 11.6 Å². The molecule has 0 saturated heterocycles. The fourth-order valence-electron chi connectivity index (χ4n) is 2.29. The highest BCUT2D eigenvalue weighted by Gasteiger charge is 2.24. The van der Waals surface area contributed by atoms with E-state index in [0.717, 1.165) is 17.7 Å². The number of rotatable bonds is 2. The maximum Gasteiger partial charge on any atom is 0.148 e. The summed E-state index contributed by atoms with van der Waals surface area (Å²) in [5, 5.41) is 4.02. The van der Waals surface area contributed by atoms with Crippen LogP contribution in [0.3, 0.4) is 0 Å². The van der Waals surface area contributed by atoms with E-state index in [1.54, 1.807) is 6.20 Å². The lowest BCUT2D eigenvalue weighted by atomic mass is 9.79. The summed E-state index contributed by atoms with van der Waals surface area (Å²) in [7, 11) is 0. The summed E-state index contributed by atoms with van der Waals surface area (Å²) < 4.78 is 0. The second kappa shape index (κ2) is 5.00. The van der Waals surface area contributed by atoms with Crippen LogP contribution in [0.5, 0.6) is 0 Å². The van der Waals surface area contributed by atoms with Crippen molar-refractivity contribution in [2.45, 2.75) is 39.2 Å². The quantitative estimate of drug-likeness (QED) is 0.860. The van der Waals surface area contributed by atoms with E-state index in [1.165, 1.54) is 25.6 Å². The molecule has 0 radical (unpaired) electrons. The zero-order chi connectivity index (χ0) is 11.5. The van der Waals surface area contributed by atoms with Crippen LogP contribution in [0.25, 0.3) is 0 Å². The molecule has 1 aromatic rings. The molecule has 0 spiro atoms. The highest BCUT2D eigenvalue weighted by atomic mass is 35.5. The van der Waals surface area contributed by atoms with Gasteiger partial charge < -0.3 is 5.32 Å². The van der Waals surface area contributed by atoms with Crippen LogP contribution in [-0.4, -0.2) is 16.0 Å². The van der Waals surface area contributed by atoms with Gasteiger partial charge in [0.25, 0.3) is 0 Å². The first-order valence-electron chi connectivity index (χ1n) is 5.89. The van der Waals surface area contributed by atoms with E-state index < -0.39 is 0 Å². The zero-order valence-electron chi connectivity index (χ0n) is 9.78. The number of anilines is 1. The van der Waals surface area contributed by atoms with E-state index in [1.807, 2.05) is 0 Å². The Kier molecular flexibility index (Phi) is 3.64. The van der Waals surface area contributed by atoms with Crippen LogP contribution < -0.4 is 5.32 Å². The van der Waals surface area contributed by atoms with E-state index in [0.29, 0.717) is 11.1 Å². The Morgan fingerprint density at radius 3 is 2.81 bits per heavy atom. The molecule has 1 fully saturated rings. The zero-order valence-corrected chi connectivity index (χ0v) is 10.5. The molecule has 1 saturated carbocycles. The summed E-state index contributed by atoms with van der Waals surface area (Å²) in [5.74, 6) is 2.37. The predicted molar refractivity (Wildman–Crippen MR) is 66.6 cm³/mol. The Labute approximate surface area is 102 Å². The summed E-state index contributed by atoms with van der Waals surface area (Å²) in [6.07, 6.45) is 6.84. The number of halogens is 1. The number of hydrogen-bond donors (Lipinski definition) is 1. The SMILES string of the molecule is CC1CCC(Nc2ncncc2Cl)CC1C. The van der Waals surface area contributed by atoms with Crippen LogP contribution in [0.15, 0.2) is 12.5 Å². The van der Waals surface area contributed by atoms with Crippen LogP contribution in [0.2, 0.25) is 5.02 Å². The summed E-state index contributed by atoms with van der Waals surface area (Å²) in [6, 6.07) is 0.499. The third-order valence-electron chi connectivity index (χ3n) is 3.61. The second-order valence-corrected chi connectivity index (χ2v) is 5.24. The first-order chi connectivity index (χ1) is 7.66. The molecular weight excluding hydrogens is 222 g/mol. The summed E-state index contributed by atoms with van der Waals surface area (Å²) in [4.78, 5) is 8.04. The van der Waals surface area contributed by atoms with Gasteiger partial charge >= 0.3 is 0 Å². The molecule has 1 aliphatic rings. The monoisotopic (exact) mass is 239 g/mol. The third kappa shape index (κ3) is 2.64. The molecule has 3 nitrogen and oxygen atoms in total. The van der Waals surface area contributed by atoms with E-state index in [2.05, 4.69) is 29.1 Å². The molecule has 88 valence electrons. The van der Waals surface area contributed by atoms with Crippen molar-refractivity contribution in [3.63, 3.8) is 0 Å². The molecule has 4 heteroatoms. The van der Waals surface area contributed by atoms with Gasteiger partial charge in [0.15, 0.2) is 0 Å². The Bertz CT molecular complexity index is 356. The van der Waals surface area contributed by atoms with Crippen LogP contribution in [0.4, 0.5) is 5.82 Å². The van der Waals surface area contributed by atoms with Crippen molar-refractivity contribution in [2.24, 2.45) is 11.8 Å². The number of aromatic nitrogens is 2. The third-order valence-corrected chi connectivity index (χ3v) is 3.88. The van der Waals surface area contributed by atoms with Gasteiger partial charge in [-0.2, -0.15) is 0 Å². The van der Waals surface area contributed by atoms with Crippen LogP contribution in [-0.2, 0) is 0 Å². The maximum atomic E-state index is 6.02. The summed E-state index contributed by atoms with van der Waals surface area (Å²) >= 11 is 6.02. The van der Waals surface area contributed by atoms with Crippen molar-refractivity contribution in [3.8, 4) is 0 Å². The van der Waals surface area contributed by atoms with Crippen LogP contribution >= 0.6 is 11.6 Å². The number of nitrogens with zero attached hydrogens (tertiary/aromatic N) is 2. The van der Waals surface area contributed by atoms with Gasteiger partial charge in [0.2, 0.25) is 0 Å². The molecule has 2 rings (SSSR count). The average molecular weight is 240 g/mol. The average Bonchev–Trinajstić information content (AvgIpc) is 2.27. The van der Waals surface area contributed by atoms with Gasteiger partial charge in [-0.05, 0) is 31.1 Å². The van der Waals surface area contributed by atoms with Crippen LogP contribution in [0, 0.1) is 11.8 Å². The van der Waals surface area contributed by atoms with Crippen molar-refractivity contribution < 1.29 is 0 Å². The van der Waals surface area contributed by atoms with Gasteiger partial charge in [0.1, 0.15) is 17.2 Å². The fourth-order valence-corrected chi connectivity index (χ4v) is 2.45. The standard InChI is InChI=1S/C12H18ClN3/c1-8-3-4-10(5-9(8)2)16-12-11(13)6-14-7-15-12/h6-10H,3-5H2,1-2H3,(H,14,15,16). The minimum absolute atomic E-state index is 0.499. The van der Waals surface area contributed by atoms with Gasteiger partial charge in [0.05, 0.1) is 6.20 Å². The van der Waals surface area contributed by atoms with Gasteiger partial charge in [-0.3, -0.25) is 0 Å². The molecule has 1 N–H and O–H groups in total. The fraction of sp³-hybridized carbons (Fsp3) is 0.667. The summed E-state index contributed by atoms with van der Waals surface area (Å²) in [6.45, 7) is 4.65. The van der Waals surface area contributed by atoms with Gasteiger partial charge in [-0.1, -0.05) is 25.4 Å². The van der Waals surface area contributed by atoms with Crippen molar-refractivity contribution in [1.82, 2.24) is 9.97 Å². The summed E-state index contributed by atoms with van der Waals surface area (Å²) in [5.41, 5.74) is 0. The molecule has 1 aromatic heterocycles. The number of hydrogen-bond acceptors (Lipinski definition) is 3. The molecule has 0 amide bonds. The molecule has 0 aliphatic heterocycles. The Morgan fingerprint density at radius 2 is 2.12 bits per heavy atom. The first kappa shape index (κ1) is 11.6. The Balaban J connectivity index is 1.98. The molecule has 1 heterocycles. The smallest absolute Gasteiger partial charge is 0.148 e. The van der Waals surface area contributed by atoms with E-state index in [9.17, 15) is 0 Å². The van der Waals surface area contributed by atoms with Gasteiger partial charge in [-0.15, -0.1) is 0 Å². The normalized spacial score (nSPS) is 30.1. The minimum Gasteiger partial charge on any atom is -0.366 e. The lowest BCUT2D eigenvalue weighted by molar-refractivity contribution is 0.260. The topological polar surface area (TPSA) is 37.8 Å². The Morgan fingerprint density at radius 1 is 1.31 bits per heavy atom. The van der Waals surface area contributed by atoms with Crippen molar-refractivity contribution in [2.75, 3.05) is 5.32 Å². The highest BCUT2D eigenvalue weighted by Crippen LogP contribution is 2.31. The van der Waals surface area contributed by atoms with E-state index >= 15 is 0 Å². The van der Waals surface area contributed by atoms with Crippen molar-refractivity contribution in [1.29, 1.82) is 0 Å². The van der Waals surface area contributed by atoms with Crippen molar-refractivity contribution in [3.05, 3.63) is 17.5 Å². The molecule has 0 bridgehead atoms. The van der Waals surface area contributed by atoms with Gasteiger partial charge in [0, 0.05) is 6.04 Å². The molecule has 3 unspecified atom stereocenters. The molecule has 3 atom stereocenters. The maximum absolute atomic E-state index is 6.02. The van der Waals surface area contributed by atoms with E-state index in [-0.39, 0.29) is 0 Å². The van der Waals surface area contributed by atoms with Crippen molar-refractivity contribution >= 4 is 17.4 Å². The first-order valence-corrected chi connectivity index (χ1v) is 6.26. The predicted octanol–water partition coefficient (Wildman–Crippen LogP) is 3.37.